The van der Waals surface area contributed by atoms with E-state index in [9.17, 15) is 10.1 Å². The number of nitro groups is 1. The van der Waals surface area contributed by atoms with Crippen LogP contribution in [0, 0.1) is 15.5 Å². The number of hydrogen-bond acceptors (Lipinski definition) is 4. The second kappa shape index (κ2) is 3.13. The van der Waals surface area contributed by atoms with Crippen LogP contribution in [-0.4, -0.2) is 27.7 Å². The van der Waals surface area contributed by atoms with Gasteiger partial charge < -0.3 is 10.6 Å². The fourth-order valence-corrected chi connectivity index (χ4v) is 0.941. The van der Waals surface area contributed by atoms with Crippen LogP contribution in [0.4, 0.5) is 0 Å². The van der Waals surface area contributed by atoms with E-state index in [4.69, 9.17) is 11.1 Å². The van der Waals surface area contributed by atoms with Crippen molar-refractivity contribution in [3.63, 3.8) is 0 Å². The molecule has 0 radical (unpaired) electrons. The van der Waals surface area contributed by atoms with Gasteiger partial charge in [-0.25, -0.2) is 0 Å². The second-order valence-corrected chi connectivity index (χ2v) is 2.44. The Labute approximate surface area is 74.4 Å². The van der Waals surface area contributed by atoms with E-state index < -0.39 is 4.92 Å². The summed E-state index contributed by atoms with van der Waals surface area (Å²) < 4.78 is 0. The summed E-state index contributed by atoms with van der Waals surface area (Å²) >= 11 is 0. The van der Waals surface area contributed by atoms with Crippen LogP contribution in [0.2, 0.25) is 0 Å². The molecule has 0 unspecified atom stereocenters. The third kappa shape index (κ3) is 1.75. The predicted octanol–water partition coefficient (Wildman–Crippen LogP) is -0.326. The molecule has 1 aliphatic rings. The second-order valence-electron chi connectivity index (χ2n) is 2.44. The summed E-state index contributed by atoms with van der Waals surface area (Å²) in [6, 6.07) is 0. The normalized spacial score (nSPS) is 18.4. The van der Waals surface area contributed by atoms with Crippen LogP contribution in [-0.2, 0) is 0 Å². The smallest absolute Gasteiger partial charge is 0.275 e. The SMILES string of the molecule is CN1C=CN(C(=N)N)/C1=C/[N+](=O)[O-]. The van der Waals surface area contributed by atoms with E-state index in [1.807, 2.05) is 0 Å². The maximum Gasteiger partial charge on any atom is 0.275 e. The Morgan fingerprint density at radius 2 is 2.38 bits per heavy atom. The molecule has 3 N–H and O–H groups in total. The van der Waals surface area contributed by atoms with Gasteiger partial charge in [-0.3, -0.25) is 20.4 Å². The number of nitrogens with one attached hydrogen (secondary N) is 1. The Kier molecular flexibility index (Phi) is 2.18. The minimum absolute atomic E-state index is 0.248. The van der Waals surface area contributed by atoms with Crippen LogP contribution in [0.15, 0.2) is 24.4 Å². The van der Waals surface area contributed by atoms with Crippen molar-refractivity contribution in [2.24, 2.45) is 5.73 Å². The largest absolute Gasteiger partial charge is 0.369 e. The topological polar surface area (TPSA) is 99.5 Å². The molecule has 70 valence electrons. The van der Waals surface area contributed by atoms with Crippen molar-refractivity contribution in [2.75, 3.05) is 7.05 Å². The molecule has 1 heterocycles. The van der Waals surface area contributed by atoms with Crippen LogP contribution < -0.4 is 5.73 Å². The average molecular weight is 183 g/mol. The highest BCUT2D eigenvalue weighted by Gasteiger charge is 2.21. The van der Waals surface area contributed by atoms with Crippen molar-refractivity contribution >= 4 is 5.96 Å². The molecule has 0 aromatic carbocycles. The summed E-state index contributed by atoms with van der Waals surface area (Å²) in [5, 5.41) is 17.3. The first-order chi connectivity index (χ1) is 6.02. The van der Waals surface area contributed by atoms with Crippen molar-refractivity contribution in [3.8, 4) is 0 Å². The van der Waals surface area contributed by atoms with Crippen molar-refractivity contribution in [1.82, 2.24) is 9.80 Å². The van der Waals surface area contributed by atoms with E-state index in [1.54, 1.807) is 13.2 Å². The molecule has 1 aliphatic heterocycles. The minimum atomic E-state index is -0.589. The van der Waals surface area contributed by atoms with Crippen molar-refractivity contribution < 1.29 is 4.92 Å². The highest BCUT2D eigenvalue weighted by molar-refractivity contribution is 5.78. The lowest BCUT2D eigenvalue weighted by Gasteiger charge is -2.17. The third-order valence-electron chi connectivity index (χ3n) is 1.53. The number of guanidine groups is 1. The van der Waals surface area contributed by atoms with Crippen LogP contribution in [0.3, 0.4) is 0 Å². The Morgan fingerprint density at radius 1 is 1.77 bits per heavy atom. The molecule has 1 rings (SSSR count). The van der Waals surface area contributed by atoms with Crippen molar-refractivity contribution in [1.29, 1.82) is 5.41 Å². The first-order valence-electron chi connectivity index (χ1n) is 3.42. The van der Waals surface area contributed by atoms with Gasteiger partial charge in [0.15, 0.2) is 11.8 Å². The fraction of sp³-hybridized carbons (Fsp3) is 0.167. The first-order valence-corrected chi connectivity index (χ1v) is 3.42. The lowest BCUT2D eigenvalue weighted by molar-refractivity contribution is -0.404. The summed E-state index contributed by atoms with van der Waals surface area (Å²) in [5.41, 5.74) is 5.19. The van der Waals surface area contributed by atoms with Crippen LogP contribution in [0.5, 0.6) is 0 Å². The summed E-state index contributed by atoms with van der Waals surface area (Å²) in [6.07, 6.45) is 3.86. The molecule has 0 atom stereocenters. The first kappa shape index (κ1) is 9.04. The highest BCUT2D eigenvalue weighted by atomic mass is 16.6. The minimum Gasteiger partial charge on any atom is -0.369 e. The van der Waals surface area contributed by atoms with Gasteiger partial charge in [-0.05, 0) is 0 Å². The molecular formula is C6H9N5O2. The maximum absolute atomic E-state index is 10.2. The summed E-state index contributed by atoms with van der Waals surface area (Å²) in [5.74, 6) is -0.00815. The van der Waals surface area contributed by atoms with E-state index in [1.165, 1.54) is 16.0 Å². The molecule has 13 heavy (non-hydrogen) atoms. The number of nitrogens with zero attached hydrogens (tertiary/aromatic N) is 3. The monoisotopic (exact) mass is 183 g/mol. The van der Waals surface area contributed by atoms with Gasteiger partial charge in [0.25, 0.3) is 6.20 Å². The molecule has 0 saturated heterocycles. The number of nitrogens with two attached hydrogens (primary N) is 1. The molecule has 0 saturated carbocycles. The molecule has 0 aliphatic carbocycles. The maximum atomic E-state index is 10.2. The Hall–Kier alpha value is -2.05. The van der Waals surface area contributed by atoms with E-state index in [2.05, 4.69) is 0 Å². The third-order valence-corrected chi connectivity index (χ3v) is 1.53. The standard InChI is InChI=1S/C6H9N5O2/c1-9-2-3-10(6(7)8)5(9)4-11(12)13/h2-4H,1H3,(H3,7,8)/b5-4+. The Bertz CT molecular complexity index is 308. The molecule has 0 amide bonds. The van der Waals surface area contributed by atoms with Gasteiger partial charge in [-0.1, -0.05) is 0 Å². The average Bonchev–Trinajstić information content (AvgIpc) is 2.32. The van der Waals surface area contributed by atoms with Gasteiger partial charge in [0, 0.05) is 19.4 Å². The van der Waals surface area contributed by atoms with Crippen molar-refractivity contribution in [2.45, 2.75) is 0 Å². The molecule has 7 heteroatoms. The quantitative estimate of drug-likeness (QED) is 0.251. The summed E-state index contributed by atoms with van der Waals surface area (Å²) in [4.78, 5) is 12.3. The highest BCUT2D eigenvalue weighted by Crippen LogP contribution is 2.16. The van der Waals surface area contributed by atoms with Gasteiger partial charge in [-0.15, -0.1) is 0 Å². The molecule has 0 aromatic rings. The van der Waals surface area contributed by atoms with Gasteiger partial charge in [0.05, 0.1) is 4.92 Å². The Morgan fingerprint density at radius 3 is 2.85 bits per heavy atom. The predicted molar refractivity (Wildman–Crippen MR) is 45.7 cm³/mol. The van der Waals surface area contributed by atoms with Crippen LogP contribution in [0.1, 0.15) is 0 Å². The molecule has 0 spiro atoms. The molecule has 0 fully saturated rings. The Balaban J connectivity index is 2.94. The molecule has 0 aromatic heterocycles. The van der Waals surface area contributed by atoms with E-state index in [0.717, 1.165) is 6.20 Å². The molecule has 0 bridgehead atoms. The van der Waals surface area contributed by atoms with Crippen LogP contribution in [0.25, 0.3) is 0 Å². The number of rotatable bonds is 1. The van der Waals surface area contributed by atoms with Gasteiger partial charge in [0.1, 0.15) is 0 Å². The van der Waals surface area contributed by atoms with Gasteiger partial charge in [-0.2, -0.15) is 0 Å². The van der Waals surface area contributed by atoms with E-state index in [0.29, 0.717) is 0 Å². The van der Waals surface area contributed by atoms with Gasteiger partial charge in [0.2, 0.25) is 0 Å². The summed E-state index contributed by atoms with van der Waals surface area (Å²) in [7, 11) is 1.63. The molecular weight excluding hydrogens is 174 g/mol. The van der Waals surface area contributed by atoms with E-state index >= 15 is 0 Å². The zero-order valence-corrected chi connectivity index (χ0v) is 6.97. The molecule has 7 nitrogen and oxygen atoms in total. The van der Waals surface area contributed by atoms with E-state index in [-0.39, 0.29) is 11.8 Å². The zero-order valence-electron chi connectivity index (χ0n) is 6.97. The van der Waals surface area contributed by atoms with Crippen LogP contribution >= 0.6 is 0 Å². The van der Waals surface area contributed by atoms with Crippen molar-refractivity contribution in [3.05, 3.63) is 34.5 Å². The fourth-order valence-electron chi connectivity index (χ4n) is 0.941. The lowest BCUT2D eigenvalue weighted by Crippen LogP contribution is -2.32. The zero-order chi connectivity index (χ0) is 10.0. The lowest BCUT2D eigenvalue weighted by atomic mass is 10.6. The number of hydrogen-bond donors (Lipinski definition) is 2. The van der Waals surface area contributed by atoms with Gasteiger partial charge >= 0.3 is 0 Å². The summed E-state index contributed by atoms with van der Waals surface area (Å²) in [6.45, 7) is 0.